The number of carbonyl (C=O) groups excluding carboxylic acids is 2. The number of ether oxygens (including phenoxy) is 2. The van der Waals surface area contributed by atoms with E-state index in [-0.39, 0.29) is 16.3 Å². The van der Waals surface area contributed by atoms with E-state index in [4.69, 9.17) is 9.47 Å². The summed E-state index contributed by atoms with van der Waals surface area (Å²) in [6, 6.07) is 10.4. The maximum absolute atomic E-state index is 13.1. The summed E-state index contributed by atoms with van der Waals surface area (Å²) in [7, 11) is 1.59. The molecule has 30 heavy (non-hydrogen) atoms. The second-order valence-electron chi connectivity index (χ2n) is 6.37. The molecule has 3 aromatic rings. The topological polar surface area (TPSA) is 98.9 Å². The van der Waals surface area contributed by atoms with Gasteiger partial charge in [-0.2, -0.15) is 9.06 Å². The zero-order valence-corrected chi connectivity index (χ0v) is 17.0. The summed E-state index contributed by atoms with van der Waals surface area (Å²) in [5.41, 5.74) is 1.26. The zero-order valence-electron chi connectivity index (χ0n) is 16.2. The lowest BCUT2D eigenvalue weighted by Gasteiger charge is -2.25. The SMILES string of the molecule is COc1ccc(-n2nc(C(=O)N3CCOCC3)c(=NC(=O)c3ccncc3)s2)cc1. The summed E-state index contributed by atoms with van der Waals surface area (Å²) in [6.07, 6.45) is 3.04. The first-order chi connectivity index (χ1) is 14.7. The van der Waals surface area contributed by atoms with Crippen LogP contribution in [0.2, 0.25) is 0 Å². The first-order valence-corrected chi connectivity index (χ1v) is 10.0. The quantitative estimate of drug-likeness (QED) is 0.629. The second kappa shape index (κ2) is 8.97. The van der Waals surface area contributed by atoms with Crippen molar-refractivity contribution >= 4 is 23.3 Å². The van der Waals surface area contributed by atoms with E-state index >= 15 is 0 Å². The highest BCUT2D eigenvalue weighted by molar-refractivity contribution is 7.04. The van der Waals surface area contributed by atoms with Crippen molar-refractivity contribution in [3.63, 3.8) is 0 Å². The van der Waals surface area contributed by atoms with E-state index in [1.165, 1.54) is 12.4 Å². The monoisotopic (exact) mass is 425 g/mol. The summed E-state index contributed by atoms with van der Waals surface area (Å²) in [6.45, 7) is 1.88. The number of nitrogens with zero attached hydrogens (tertiary/aromatic N) is 5. The molecule has 1 aromatic carbocycles. The van der Waals surface area contributed by atoms with Crippen LogP contribution >= 0.6 is 11.5 Å². The average Bonchev–Trinajstić information content (AvgIpc) is 3.23. The Morgan fingerprint density at radius 3 is 2.47 bits per heavy atom. The Morgan fingerprint density at radius 2 is 1.80 bits per heavy atom. The van der Waals surface area contributed by atoms with Gasteiger partial charge in [0.15, 0.2) is 10.4 Å². The molecule has 0 aliphatic carbocycles. The number of pyridine rings is 1. The van der Waals surface area contributed by atoms with Gasteiger partial charge >= 0.3 is 0 Å². The van der Waals surface area contributed by atoms with Crippen molar-refractivity contribution < 1.29 is 19.1 Å². The number of amides is 2. The highest BCUT2D eigenvalue weighted by atomic mass is 32.1. The van der Waals surface area contributed by atoms with Crippen LogP contribution in [0.25, 0.3) is 5.69 Å². The molecule has 154 valence electrons. The molecule has 1 saturated heterocycles. The highest BCUT2D eigenvalue weighted by Gasteiger charge is 2.24. The molecule has 4 rings (SSSR count). The van der Waals surface area contributed by atoms with E-state index in [1.807, 2.05) is 12.1 Å². The molecule has 0 saturated carbocycles. The smallest absolute Gasteiger partial charge is 0.278 e. The summed E-state index contributed by atoms with van der Waals surface area (Å²) >= 11 is 1.12. The lowest BCUT2D eigenvalue weighted by atomic mass is 10.2. The molecule has 0 radical (unpaired) electrons. The second-order valence-corrected chi connectivity index (χ2v) is 7.29. The zero-order chi connectivity index (χ0) is 20.9. The number of rotatable bonds is 4. The fraction of sp³-hybridized carbons (Fsp3) is 0.250. The fourth-order valence-corrected chi connectivity index (χ4v) is 3.73. The van der Waals surface area contributed by atoms with Crippen molar-refractivity contribution in [3.05, 3.63) is 64.7 Å². The van der Waals surface area contributed by atoms with Crippen LogP contribution < -0.4 is 9.41 Å². The Balaban J connectivity index is 1.75. The largest absolute Gasteiger partial charge is 0.497 e. The standard InChI is InChI=1S/C20H19N5O4S/c1-28-16-4-2-15(3-5-16)25-23-17(20(27)24-10-12-29-13-11-24)19(30-25)22-18(26)14-6-8-21-9-7-14/h2-9H,10-13H2,1H3. The van der Waals surface area contributed by atoms with Gasteiger partial charge in [0.25, 0.3) is 11.8 Å². The van der Waals surface area contributed by atoms with Crippen LogP contribution in [0, 0.1) is 0 Å². The third kappa shape index (κ3) is 4.29. The van der Waals surface area contributed by atoms with Gasteiger partial charge in [0.2, 0.25) is 0 Å². The Morgan fingerprint density at radius 1 is 1.10 bits per heavy atom. The van der Waals surface area contributed by atoms with Crippen molar-refractivity contribution in [3.8, 4) is 11.4 Å². The van der Waals surface area contributed by atoms with E-state index in [2.05, 4.69) is 15.1 Å². The summed E-state index contributed by atoms with van der Waals surface area (Å²) in [5.74, 6) is -0.0275. The Labute approximate surface area is 176 Å². The molecule has 0 atom stereocenters. The number of aromatic nitrogens is 3. The molecule has 1 aliphatic heterocycles. The number of hydrogen-bond donors (Lipinski definition) is 0. The molecular weight excluding hydrogens is 406 g/mol. The van der Waals surface area contributed by atoms with Crippen LogP contribution in [0.3, 0.4) is 0 Å². The molecule has 0 bridgehead atoms. The van der Waals surface area contributed by atoms with E-state index in [0.29, 0.717) is 37.6 Å². The summed E-state index contributed by atoms with van der Waals surface area (Å²) < 4.78 is 12.3. The molecule has 0 unspecified atom stereocenters. The van der Waals surface area contributed by atoms with Gasteiger partial charge in [0, 0.05) is 31.0 Å². The van der Waals surface area contributed by atoms with Crippen molar-refractivity contribution in [2.24, 2.45) is 4.99 Å². The third-order valence-electron chi connectivity index (χ3n) is 4.49. The number of morpholine rings is 1. The maximum atomic E-state index is 13.1. The van der Waals surface area contributed by atoms with Gasteiger partial charge in [-0.3, -0.25) is 14.6 Å². The van der Waals surface area contributed by atoms with Crippen LogP contribution in [0.4, 0.5) is 0 Å². The lowest BCUT2D eigenvalue weighted by molar-refractivity contribution is 0.0297. The molecule has 1 aliphatic rings. The third-order valence-corrected chi connectivity index (χ3v) is 5.41. The number of methoxy groups -OCH3 is 1. The number of hydrogen-bond acceptors (Lipinski definition) is 7. The Bertz CT molecular complexity index is 1100. The Kier molecular flexibility index (Phi) is 5.96. The highest BCUT2D eigenvalue weighted by Crippen LogP contribution is 2.16. The minimum atomic E-state index is -0.459. The van der Waals surface area contributed by atoms with Crippen LogP contribution in [0.5, 0.6) is 5.75 Å². The van der Waals surface area contributed by atoms with Crippen molar-refractivity contribution in [2.45, 2.75) is 0 Å². The van der Waals surface area contributed by atoms with Gasteiger partial charge in [0.05, 0.1) is 26.0 Å². The van der Waals surface area contributed by atoms with E-state index in [0.717, 1.165) is 17.2 Å². The molecule has 2 aromatic heterocycles. The minimum Gasteiger partial charge on any atom is -0.497 e. The van der Waals surface area contributed by atoms with Crippen molar-refractivity contribution in [2.75, 3.05) is 33.4 Å². The molecule has 0 spiro atoms. The van der Waals surface area contributed by atoms with Gasteiger partial charge in [0.1, 0.15) is 5.75 Å². The fourth-order valence-electron chi connectivity index (χ4n) is 2.87. The summed E-state index contributed by atoms with van der Waals surface area (Å²) in [4.78, 5) is 35.5. The Hall–Kier alpha value is -3.37. The minimum absolute atomic E-state index is 0.139. The van der Waals surface area contributed by atoms with E-state index < -0.39 is 5.91 Å². The summed E-state index contributed by atoms with van der Waals surface area (Å²) in [5, 5.41) is 4.46. The molecule has 10 heteroatoms. The first kappa shape index (κ1) is 19.9. The van der Waals surface area contributed by atoms with Crippen LogP contribution in [-0.2, 0) is 4.74 Å². The van der Waals surface area contributed by atoms with E-state index in [1.54, 1.807) is 40.3 Å². The molecule has 2 amide bonds. The molecule has 0 N–H and O–H groups in total. The number of benzene rings is 1. The average molecular weight is 425 g/mol. The first-order valence-electron chi connectivity index (χ1n) is 9.27. The predicted octanol–water partition coefficient (Wildman–Crippen LogP) is 1.55. The van der Waals surface area contributed by atoms with Crippen LogP contribution in [-0.4, -0.2) is 64.3 Å². The van der Waals surface area contributed by atoms with Crippen LogP contribution in [0.1, 0.15) is 20.8 Å². The van der Waals surface area contributed by atoms with Gasteiger partial charge in [-0.15, -0.1) is 5.10 Å². The molecule has 3 heterocycles. The number of carbonyl (C=O) groups is 2. The lowest BCUT2D eigenvalue weighted by Crippen LogP contribution is -2.42. The molecule has 1 fully saturated rings. The van der Waals surface area contributed by atoms with Crippen molar-refractivity contribution in [1.29, 1.82) is 0 Å². The van der Waals surface area contributed by atoms with Crippen molar-refractivity contribution in [1.82, 2.24) is 19.1 Å². The molecule has 9 nitrogen and oxygen atoms in total. The maximum Gasteiger partial charge on any atom is 0.278 e. The van der Waals surface area contributed by atoms with Gasteiger partial charge < -0.3 is 14.4 Å². The van der Waals surface area contributed by atoms with E-state index in [9.17, 15) is 9.59 Å². The van der Waals surface area contributed by atoms with Gasteiger partial charge in [-0.05, 0) is 47.9 Å². The van der Waals surface area contributed by atoms with Gasteiger partial charge in [-0.1, -0.05) is 0 Å². The van der Waals surface area contributed by atoms with Crippen LogP contribution in [0.15, 0.2) is 53.8 Å². The predicted molar refractivity (Wildman–Crippen MR) is 109 cm³/mol. The van der Waals surface area contributed by atoms with Gasteiger partial charge in [-0.25, -0.2) is 0 Å². The molecular formula is C20H19N5O4S. The normalized spacial score (nSPS) is 14.6.